The van der Waals surface area contributed by atoms with E-state index in [1.54, 1.807) is 0 Å². The van der Waals surface area contributed by atoms with Gasteiger partial charge in [-0.1, -0.05) is 12.1 Å². The Morgan fingerprint density at radius 2 is 2.00 bits per heavy atom. The van der Waals surface area contributed by atoms with Crippen LogP contribution >= 0.6 is 0 Å². The number of carbonyl (C=O) groups excluding carboxylic acids is 1. The van der Waals surface area contributed by atoms with Gasteiger partial charge in [0.15, 0.2) is 5.69 Å². The Bertz CT molecular complexity index is 590. The summed E-state index contributed by atoms with van der Waals surface area (Å²) >= 11 is 0. The summed E-state index contributed by atoms with van der Waals surface area (Å²) in [6, 6.07) is 2.69. The molecule has 2 atom stereocenters. The number of nitrogens with one attached hydrogen (secondary N) is 1. The second kappa shape index (κ2) is 6.48. The van der Waals surface area contributed by atoms with Crippen LogP contribution < -0.4 is 5.32 Å². The molecule has 2 saturated heterocycles. The standard InChI is InChI=1S/C18H28N4O2/c1-12-10-22(14-5-7-21(2)8-6-14)11-16(12)19-18(23)15-9-17(24-20-15)13-3-4-13/h9,12-14,16H,3-8,10-11H2,1-2H3,(H,19,23). The number of rotatable bonds is 4. The van der Waals surface area contributed by atoms with Gasteiger partial charge in [0.05, 0.1) is 0 Å². The van der Waals surface area contributed by atoms with E-state index in [9.17, 15) is 4.79 Å². The molecule has 132 valence electrons. The summed E-state index contributed by atoms with van der Waals surface area (Å²) in [6.45, 7) is 6.61. The molecule has 6 nitrogen and oxygen atoms in total. The zero-order chi connectivity index (χ0) is 16.7. The van der Waals surface area contributed by atoms with Gasteiger partial charge in [0.1, 0.15) is 5.76 Å². The van der Waals surface area contributed by atoms with Gasteiger partial charge in [0.25, 0.3) is 5.91 Å². The Balaban J connectivity index is 1.33. The van der Waals surface area contributed by atoms with Gasteiger partial charge in [0.2, 0.25) is 0 Å². The predicted octanol–water partition coefficient (Wildman–Crippen LogP) is 1.70. The molecule has 1 aromatic rings. The maximum Gasteiger partial charge on any atom is 0.273 e. The summed E-state index contributed by atoms with van der Waals surface area (Å²) in [5.41, 5.74) is 0.432. The molecule has 6 heteroatoms. The van der Waals surface area contributed by atoms with Crippen molar-refractivity contribution in [2.24, 2.45) is 5.92 Å². The van der Waals surface area contributed by atoms with E-state index in [1.165, 1.54) is 25.9 Å². The van der Waals surface area contributed by atoms with Crippen LogP contribution in [0.4, 0.5) is 0 Å². The molecule has 1 saturated carbocycles. The third kappa shape index (κ3) is 3.35. The van der Waals surface area contributed by atoms with Crippen molar-refractivity contribution in [2.45, 2.75) is 50.6 Å². The van der Waals surface area contributed by atoms with Crippen molar-refractivity contribution < 1.29 is 9.32 Å². The number of carbonyl (C=O) groups is 1. The number of likely N-dealkylation sites (tertiary alicyclic amines) is 2. The average Bonchev–Trinajstić information content (AvgIpc) is 3.19. The van der Waals surface area contributed by atoms with E-state index in [2.05, 4.69) is 34.2 Å². The Labute approximate surface area is 143 Å². The van der Waals surface area contributed by atoms with Crippen molar-refractivity contribution in [3.05, 3.63) is 17.5 Å². The van der Waals surface area contributed by atoms with E-state index in [-0.39, 0.29) is 11.9 Å². The first-order valence-corrected chi connectivity index (χ1v) is 9.30. The lowest BCUT2D eigenvalue weighted by molar-refractivity contribution is 0.0918. The predicted molar refractivity (Wildman–Crippen MR) is 91.0 cm³/mol. The number of hydrogen-bond acceptors (Lipinski definition) is 5. The molecule has 1 aromatic heterocycles. The second-order valence-corrected chi connectivity index (χ2v) is 7.93. The molecule has 0 spiro atoms. The Hall–Kier alpha value is -1.40. The molecular formula is C18H28N4O2. The fraction of sp³-hybridized carbons (Fsp3) is 0.778. The second-order valence-electron chi connectivity index (χ2n) is 7.93. The molecule has 3 fully saturated rings. The van der Waals surface area contributed by atoms with Crippen LogP contribution in [0.15, 0.2) is 10.6 Å². The van der Waals surface area contributed by atoms with E-state index in [0.717, 1.165) is 31.7 Å². The highest BCUT2D eigenvalue weighted by Crippen LogP contribution is 2.40. The number of nitrogens with zero attached hydrogens (tertiary/aromatic N) is 3. The smallest absolute Gasteiger partial charge is 0.273 e. The van der Waals surface area contributed by atoms with Crippen LogP contribution in [0.1, 0.15) is 54.8 Å². The maximum absolute atomic E-state index is 12.5. The molecule has 24 heavy (non-hydrogen) atoms. The lowest BCUT2D eigenvalue weighted by Crippen LogP contribution is -2.44. The lowest BCUT2D eigenvalue weighted by Gasteiger charge is -2.35. The molecule has 1 aliphatic carbocycles. The highest BCUT2D eigenvalue weighted by Gasteiger charge is 2.36. The van der Waals surface area contributed by atoms with Crippen molar-refractivity contribution in [2.75, 3.05) is 33.2 Å². The summed E-state index contributed by atoms with van der Waals surface area (Å²) in [5.74, 6) is 1.74. The molecule has 0 aromatic carbocycles. The van der Waals surface area contributed by atoms with Crippen LogP contribution in [-0.2, 0) is 0 Å². The average molecular weight is 332 g/mol. The van der Waals surface area contributed by atoms with E-state index < -0.39 is 0 Å². The molecular weight excluding hydrogens is 304 g/mol. The van der Waals surface area contributed by atoms with Crippen molar-refractivity contribution in [1.29, 1.82) is 0 Å². The quantitative estimate of drug-likeness (QED) is 0.909. The third-order valence-corrected chi connectivity index (χ3v) is 5.90. The zero-order valence-corrected chi connectivity index (χ0v) is 14.7. The van der Waals surface area contributed by atoms with Gasteiger partial charge >= 0.3 is 0 Å². The Morgan fingerprint density at radius 3 is 2.71 bits per heavy atom. The number of aromatic nitrogens is 1. The largest absolute Gasteiger partial charge is 0.360 e. The van der Waals surface area contributed by atoms with Crippen molar-refractivity contribution in [3.8, 4) is 0 Å². The van der Waals surface area contributed by atoms with Crippen LogP contribution in [0.2, 0.25) is 0 Å². The van der Waals surface area contributed by atoms with Gasteiger partial charge in [-0.3, -0.25) is 9.69 Å². The minimum atomic E-state index is -0.0901. The molecule has 4 rings (SSSR count). The zero-order valence-electron chi connectivity index (χ0n) is 14.7. The van der Waals surface area contributed by atoms with Crippen molar-refractivity contribution in [1.82, 2.24) is 20.3 Å². The molecule has 1 N–H and O–H groups in total. The van der Waals surface area contributed by atoms with E-state index >= 15 is 0 Å². The molecule has 0 bridgehead atoms. The highest BCUT2D eigenvalue weighted by molar-refractivity contribution is 5.92. The van der Waals surface area contributed by atoms with E-state index in [0.29, 0.717) is 23.6 Å². The van der Waals surface area contributed by atoms with E-state index in [4.69, 9.17) is 4.52 Å². The van der Waals surface area contributed by atoms with Gasteiger partial charge < -0.3 is 14.7 Å². The van der Waals surface area contributed by atoms with Gasteiger partial charge in [-0.05, 0) is 51.7 Å². The van der Waals surface area contributed by atoms with Crippen LogP contribution in [0.5, 0.6) is 0 Å². The summed E-state index contributed by atoms with van der Waals surface area (Å²) in [4.78, 5) is 17.4. The van der Waals surface area contributed by atoms with Crippen LogP contribution in [0.25, 0.3) is 0 Å². The molecule has 2 aliphatic heterocycles. The highest BCUT2D eigenvalue weighted by atomic mass is 16.5. The topological polar surface area (TPSA) is 61.6 Å². The molecule has 1 amide bonds. The first-order valence-electron chi connectivity index (χ1n) is 9.30. The van der Waals surface area contributed by atoms with Crippen LogP contribution in [0.3, 0.4) is 0 Å². The first kappa shape index (κ1) is 16.1. The van der Waals surface area contributed by atoms with Crippen molar-refractivity contribution in [3.63, 3.8) is 0 Å². The third-order valence-electron chi connectivity index (χ3n) is 5.90. The number of piperidine rings is 1. The number of amides is 1. The summed E-state index contributed by atoms with van der Waals surface area (Å²) in [6.07, 6.45) is 4.78. The Kier molecular flexibility index (Phi) is 4.35. The Morgan fingerprint density at radius 1 is 1.25 bits per heavy atom. The molecule has 3 heterocycles. The summed E-state index contributed by atoms with van der Waals surface area (Å²) < 4.78 is 5.30. The monoisotopic (exact) mass is 332 g/mol. The lowest BCUT2D eigenvalue weighted by atomic mass is 10.0. The first-order chi connectivity index (χ1) is 11.6. The fourth-order valence-corrected chi connectivity index (χ4v) is 4.05. The minimum Gasteiger partial charge on any atom is -0.360 e. The van der Waals surface area contributed by atoms with Crippen LogP contribution in [-0.4, -0.2) is 66.2 Å². The molecule has 3 aliphatic rings. The number of hydrogen-bond donors (Lipinski definition) is 1. The SMILES string of the molecule is CC1CN(C2CCN(C)CC2)CC1NC(=O)c1cc(C2CC2)on1. The van der Waals surface area contributed by atoms with Crippen LogP contribution in [0, 0.1) is 5.92 Å². The summed E-state index contributed by atoms with van der Waals surface area (Å²) in [7, 11) is 2.19. The fourth-order valence-electron chi connectivity index (χ4n) is 4.05. The molecule has 0 radical (unpaired) electrons. The van der Waals surface area contributed by atoms with Crippen molar-refractivity contribution >= 4 is 5.91 Å². The van der Waals surface area contributed by atoms with Gasteiger partial charge in [-0.25, -0.2) is 0 Å². The summed E-state index contributed by atoms with van der Waals surface area (Å²) in [5, 5.41) is 7.14. The van der Waals surface area contributed by atoms with Gasteiger partial charge in [0, 0.05) is 37.2 Å². The normalized spacial score (nSPS) is 29.9. The maximum atomic E-state index is 12.5. The van der Waals surface area contributed by atoms with Gasteiger partial charge in [-0.2, -0.15) is 0 Å². The minimum absolute atomic E-state index is 0.0901. The van der Waals surface area contributed by atoms with E-state index in [1.807, 2.05) is 6.07 Å². The van der Waals surface area contributed by atoms with Gasteiger partial charge in [-0.15, -0.1) is 0 Å². The molecule has 2 unspecified atom stereocenters.